The average Bonchev–Trinajstić information content (AvgIpc) is 0.722. The van der Waals surface area contributed by atoms with E-state index >= 15 is 0 Å². The molecule has 5 heteroatoms. The van der Waals surface area contributed by atoms with Crippen molar-refractivity contribution in [1.82, 2.24) is 0 Å². The molecule has 0 bridgehead atoms. The molecular formula is C3H10Cl2NSiZr. The number of hydrogen-bond acceptors (Lipinski definition) is 0. The molecule has 0 fully saturated rings. The van der Waals surface area contributed by atoms with Crippen molar-refractivity contribution in [3.05, 3.63) is 5.40 Å². The molecule has 0 spiro atoms. The van der Waals surface area contributed by atoms with Crippen LogP contribution in [0.25, 0.3) is 5.40 Å². The van der Waals surface area contributed by atoms with Crippen LogP contribution in [0, 0.1) is 0 Å². The Morgan fingerprint density at radius 3 is 1.00 bits per heavy atom. The van der Waals surface area contributed by atoms with E-state index in [-0.39, 0.29) is 51.0 Å². The average molecular weight is 250 g/mol. The van der Waals surface area contributed by atoms with Gasteiger partial charge in [-0.25, -0.2) is 0 Å². The van der Waals surface area contributed by atoms with E-state index in [0.29, 0.717) is 0 Å². The van der Waals surface area contributed by atoms with E-state index in [0.717, 1.165) is 0 Å². The molecule has 1 radical (unpaired) electrons. The van der Waals surface area contributed by atoms with Gasteiger partial charge in [-0.3, -0.25) is 0 Å². The molecule has 8 heavy (non-hydrogen) atoms. The van der Waals surface area contributed by atoms with Crippen LogP contribution in [0.5, 0.6) is 0 Å². The Bertz CT molecular complexity index is 32.8. The summed E-state index contributed by atoms with van der Waals surface area (Å²) in [6.45, 7) is 5.98. The maximum Gasteiger partial charge on any atom is 3.00 e. The Hall–Kier alpha value is 1.64. The first-order chi connectivity index (χ1) is 2.00. The smallest absolute Gasteiger partial charge is 1.00 e. The number of nitrogens with one attached hydrogen (secondary N) is 1. The zero-order valence-corrected chi connectivity index (χ0v) is 10.2. The summed E-state index contributed by atoms with van der Waals surface area (Å²) in [6, 6.07) is 0. The molecule has 0 atom stereocenters. The van der Waals surface area contributed by atoms with Crippen molar-refractivity contribution in [2.24, 2.45) is 0 Å². The van der Waals surface area contributed by atoms with Crippen LogP contribution >= 0.6 is 0 Å². The predicted molar refractivity (Wildman–Crippen MR) is 27.7 cm³/mol. The Morgan fingerprint density at radius 2 is 1.00 bits per heavy atom. The minimum atomic E-state index is -1.36. The summed E-state index contributed by atoms with van der Waals surface area (Å²) in [7, 11) is -1.36. The monoisotopic (exact) mass is 248 g/mol. The van der Waals surface area contributed by atoms with Gasteiger partial charge in [-0.05, 0) is 0 Å². The summed E-state index contributed by atoms with van der Waals surface area (Å²) in [5.41, 5.74) is 0. The van der Waals surface area contributed by atoms with Crippen LogP contribution in [0.15, 0.2) is 0 Å². The van der Waals surface area contributed by atoms with Gasteiger partial charge >= 0.3 is 26.2 Å². The summed E-state index contributed by atoms with van der Waals surface area (Å²) in [5, 5.41) is 7.08. The maximum absolute atomic E-state index is 7.08. The molecule has 0 saturated heterocycles. The molecule has 0 saturated carbocycles. The standard InChI is InChI=1S/C3H10NSi.2ClH.Zr/c1-5(2,3)4;;;/h4H,1-3H3;2*1H;/q-1;;;+3/p-2. The minimum Gasteiger partial charge on any atom is -1.00 e. The van der Waals surface area contributed by atoms with E-state index < -0.39 is 8.24 Å². The van der Waals surface area contributed by atoms with E-state index in [1.54, 1.807) is 0 Å². The molecule has 0 aliphatic carbocycles. The quantitative estimate of drug-likeness (QED) is 0.390. The second kappa shape index (κ2) is 8.64. The molecule has 49 valence electrons. The van der Waals surface area contributed by atoms with E-state index in [9.17, 15) is 0 Å². The first-order valence-electron chi connectivity index (χ1n) is 1.75. The van der Waals surface area contributed by atoms with Crippen LogP contribution in [0.1, 0.15) is 0 Å². The van der Waals surface area contributed by atoms with Gasteiger partial charge < -0.3 is 30.2 Å². The van der Waals surface area contributed by atoms with Crippen LogP contribution in [0.2, 0.25) is 19.6 Å². The van der Waals surface area contributed by atoms with Crippen molar-refractivity contribution >= 4 is 8.24 Å². The van der Waals surface area contributed by atoms with E-state index in [1.165, 1.54) is 0 Å². The first-order valence-corrected chi connectivity index (χ1v) is 5.25. The van der Waals surface area contributed by atoms with Crippen molar-refractivity contribution in [2.45, 2.75) is 19.6 Å². The number of halogens is 2. The SMILES string of the molecule is C[Si](C)(C)[NH-].[Cl-].[Cl-].[Zr+3]. The van der Waals surface area contributed by atoms with Crippen LogP contribution in [0.3, 0.4) is 0 Å². The van der Waals surface area contributed by atoms with Crippen molar-refractivity contribution < 1.29 is 51.0 Å². The number of rotatable bonds is 0. The fourth-order valence-corrected chi connectivity index (χ4v) is 0. The number of hydrogen-bond donors (Lipinski definition) is 0. The van der Waals surface area contributed by atoms with Gasteiger partial charge in [0.05, 0.1) is 0 Å². The predicted octanol–water partition coefficient (Wildman–Crippen LogP) is -4.12. The summed E-state index contributed by atoms with van der Waals surface area (Å²) in [6.07, 6.45) is 0. The molecule has 0 amide bonds. The molecule has 0 aromatic carbocycles. The Kier molecular flexibility index (Phi) is 24.4. The van der Waals surface area contributed by atoms with Gasteiger partial charge in [0.15, 0.2) is 0 Å². The van der Waals surface area contributed by atoms with Gasteiger partial charge in [0, 0.05) is 0 Å². The van der Waals surface area contributed by atoms with Gasteiger partial charge in [-0.2, -0.15) is 0 Å². The summed E-state index contributed by atoms with van der Waals surface area (Å²) < 4.78 is 0. The Morgan fingerprint density at radius 1 is 1.00 bits per heavy atom. The molecule has 1 nitrogen and oxygen atoms in total. The third-order valence-electron chi connectivity index (χ3n) is 0. The first kappa shape index (κ1) is 22.6. The zero-order chi connectivity index (χ0) is 4.50. The molecule has 0 aliphatic rings. The van der Waals surface area contributed by atoms with Crippen molar-refractivity contribution in [2.75, 3.05) is 0 Å². The van der Waals surface area contributed by atoms with Crippen LogP contribution in [-0.4, -0.2) is 8.24 Å². The topological polar surface area (TPSA) is 23.8 Å². The van der Waals surface area contributed by atoms with Gasteiger partial charge in [0.25, 0.3) is 0 Å². The van der Waals surface area contributed by atoms with Crippen molar-refractivity contribution in [3.8, 4) is 0 Å². The molecule has 1 N–H and O–H groups in total. The summed E-state index contributed by atoms with van der Waals surface area (Å²) in [5.74, 6) is 0. The van der Waals surface area contributed by atoms with E-state index in [4.69, 9.17) is 5.40 Å². The molecule has 0 aliphatic heterocycles. The third kappa shape index (κ3) is 125. The van der Waals surface area contributed by atoms with Gasteiger partial charge in [-0.1, -0.05) is 27.9 Å². The fourth-order valence-electron chi connectivity index (χ4n) is 0. The Balaban J connectivity index is -0.0000000267. The van der Waals surface area contributed by atoms with Crippen LogP contribution < -0.4 is 24.8 Å². The molecule has 0 rings (SSSR count). The van der Waals surface area contributed by atoms with Gasteiger partial charge in [-0.15, -0.1) is 0 Å². The molecular weight excluding hydrogens is 240 g/mol. The summed E-state index contributed by atoms with van der Waals surface area (Å²) in [4.78, 5) is 0. The maximum atomic E-state index is 7.08. The molecule has 0 unspecified atom stereocenters. The zero-order valence-electron chi connectivity index (χ0n) is 5.26. The Labute approximate surface area is 83.8 Å². The van der Waals surface area contributed by atoms with Crippen LogP contribution in [0.4, 0.5) is 0 Å². The molecule has 0 aromatic heterocycles. The van der Waals surface area contributed by atoms with Crippen molar-refractivity contribution in [1.29, 1.82) is 0 Å². The second-order valence-corrected chi connectivity index (χ2v) is 6.75. The molecule has 0 heterocycles. The molecule has 0 aromatic rings. The largest absolute Gasteiger partial charge is 3.00 e. The normalized spacial score (nSPS) is 7.50. The van der Waals surface area contributed by atoms with Crippen LogP contribution in [-0.2, 0) is 26.2 Å². The summed E-state index contributed by atoms with van der Waals surface area (Å²) >= 11 is 0. The minimum absolute atomic E-state index is 0. The second-order valence-electron chi connectivity index (χ2n) is 2.25. The van der Waals surface area contributed by atoms with Crippen molar-refractivity contribution in [3.63, 3.8) is 0 Å². The van der Waals surface area contributed by atoms with Gasteiger partial charge in [0.1, 0.15) is 0 Å². The van der Waals surface area contributed by atoms with E-state index in [2.05, 4.69) is 0 Å². The van der Waals surface area contributed by atoms with Gasteiger partial charge in [0.2, 0.25) is 0 Å². The van der Waals surface area contributed by atoms with E-state index in [1.807, 2.05) is 19.6 Å². The third-order valence-corrected chi connectivity index (χ3v) is 0. The fraction of sp³-hybridized carbons (Fsp3) is 1.00.